The van der Waals surface area contributed by atoms with E-state index in [9.17, 15) is 4.39 Å². The lowest BCUT2D eigenvalue weighted by Gasteiger charge is -2.35. The average Bonchev–Trinajstić information content (AvgIpc) is 3.44. The van der Waals surface area contributed by atoms with Crippen molar-refractivity contribution >= 4 is 23.5 Å². The van der Waals surface area contributed by atoms with Gasteiger partial charge >= 0.3 is 0 Å². The highest BCUT2D eigenvalue weighted by atomic mass is 19.1. The molecule has 4 aromatic rings. The van der Waals surface area contributed by atoms with Crippen LogP contribution in [0.2, 0.25) is 0 Å². The summed E-state index contributed by atoms with van der Waals surface area (Å²) in [6, 6.07) is 6.58. The molecule has 1 unspecified atom stereocenters. The molecule has 0 amide bonds. The number of morpholine rings is 1. The van der Waals surface area contributed by atoms with Gasteiger partial charge in [0.05, 0.1) is 31.1 Å². The number of halogens is 1. The standard InChI is InChI=1S/C28H34FN11O/c1-28(2,20-3-5-22(29)6-4-20)21-13-31-26(32-14-21)38-8-10-39(11-9-38)27-34-19-33-25(37-27)36-23-15-35-40(17-23)18-24-16-30-7-12-41-24/h3-6,13-15,17,19,24,30H,7-12,16,18H2,1-2H3,(H,33,34,36,37). The number of aromatic nitrogens is 7. The van der Waals surface area contributed by atoms with Gasteiger partial charge in [0.25, 0.3) is 0 Å². The van der Waals surface area contributed by atoms with E-state index in [1.807, 2.05) is 35.4 Å². The largest absolute Gasteiger partial charge is 0.374 e. The summed E-state index contributed by atoms with van der Waals surface area (Å²) in [5.74, 6) is 1.53. The Morgan fingerprint density at radius 1 is 0.951 bits per heavy atom. The van der Waals surface area contributed by atoms with Crippen LogP contribution < -0.4 is 20.4 Å². The van der Waals surface area contributed by atoms with Gasteiger partial charge in [0.15, 0.2) is 0 Å². The molecule has 1 atom stereocenters. The second kappa shape index (κ2) is 11.7. The van der Waals surface area contributed by atoms with E-state index >= 15 is 0 Å². The molecule has 0 aliphatic carbocycles. The summed E-state index contributed by atoms with van der Waals surface area (Å²) in [4.78, 5) is 26.9. The highest BCUT2D eigenvalue weighted by Gasteiger charge is 2.26. The molecule has 2 aliphatic rings. The van der Waals surface area contributed by atoms with Crippen LogP contribution in [0.25, 0.3) is 0 Å². The van der Waals surface area contributed by atoms with Crippen molar-refractivity contribution in [1.82, 2.24) is 40.0 Å². The zero-order valence-electron chi connectivity index (χ0n) is 23.2. The smallest absolute Gasteiger partial charge is 0.232 e. The third kappa shape index (κ3) is 6.25. The van der Waals surface area contributed by atoms with Crippen molar-refractivity contribution in [3.63, 3.8) is 0 Å². The molecule has 12 nitrogen and oxygen atoms in total. The van der Waals surface area contributed by atoms with Gasteiger partial charge in [-0.3, -0.25) is 4.68 Å². The van der Waals surface area contributed by atoms with Crippen molar-refractivity contribution in [2.75, 3.05) is 61.0 Å². The zero-order chi connectivity index (χ0) is 28.2. The Bertz CT molecular complexity index is 1430. The lowest BCUT2D eigenvalue weighted by Crippen LogP contribution is -2.47. The van der Waals surface area contributed by atoms with Crippen LogP contribution in [0, 0.1) is 5.82 Å². The normalized spacial score (nSPS) is 18.0. The number of benzene rings is 1. The number of hydrogen-bond donors (Lipinski definition) is 2. The van der Waals surface area contributed by atoms with Gasteiger partial charge in [0.1, 0.15) is 12.1 Å². The highest BCUT2D eigenvalue weighted by molar-refractivity contribution is 5.52. The fourth-order valence-corrected chi connectivity index (χ4v) is 5.05. The van der Waals surface area contributed by atoms with Crippen LogP contribution in [0.1, 0.15) is 25.0 Å². The third-order valence-electron chi connectivity index (χ3n) is 7.61. The van der Waals surface area contributed by atoms with Crippen LogP contribution in [-0.4, -0.2) is 86.7 Å². The fraction of sp³-hybridized carbons (Fsp3) is 0.429. The molecule has 1 aromatic carbocycles. The first-order chi connectivity index (χ1) is 19.9. The maximum atomic E-state index is 13.4. The lowest BCUT2D eigenvalue weighted by atomic mass is 9.79. The molecule has 2 N–H and O–H groups in total. The second-order valence-electron chi connectivity index (χ2n) is 10.8. The highest BCUT2D eigenvalue weighted by Crippen LogP contribution is 2.31. The Morgan fingerprint density at radius 2 is 1.68 bits per heavy atom. The van der Waals surface area contributed by atoms with E-state index in [1.165, 1.54) is 18.5 Å². The van der Waals surface area contributed by atoms with Crippen LogP contribution in [0.3, 0.4) is 0 Å². The summed E-state index contributed by atoms with van der Waals surface area (Å²) in [5.41, 5.74) is 2.45. The topological polar surface area (TPSA) is 122 Å². The van der Waals surface area contributed by atoms with Crippen molar-refractivity contribution in [3.05, 3.63) is 72.3 Å². The molecule has 2 saturated heterocycles. The van der Waals surface area contributed by atoms with Crippen molar-refractivity contribution in [2.24, 2.45) is 0 Å². The minimum Gasteiger partial charge on any atom is -0.374 e. The Hall–Kier alpha value is -4.23. The predicted molar refractivity (Wildman–Crippen MR) is 153 cm³/mol. The zero-order valence-corrected chi connectivity index (χ0v) is 23.2. The van der Waals surface area contributed by atoms with E-state index in [0.29, 0.717) is 24.4 Å². The van der Waals surface area contributed by atoms with Crippen LogP contribution >= 0.6 is 0 Å². The molecule has 214 valence electrons. The first-order valence-electron chi connectivity index (χ1n) is 13.8. The maximum Gasteiger partial charge on any atom is 0.232 e. The second-order valence-corrected chi connectivity index (χ2v) is 10.8. The van der Waals surface area contributed by atoms with Gasteiger partial charge in [-0.05, 0) is 23.3 Å². The molecular formula is C28H34FN11O. The Balaban J connectivity index is 1.04. The van der Waals surface area contributed by atoms with Crippen molar-refractivity contribution in [3.8, 4) is 0 Å². The van der Waals surface area contributed by atoms with E-state index in [1.54, 1.807) is 6.20 Å². The van der Waals surface area contributed by atoms with Crippen LogP contribution in [0.4, 0.5) is 27.9 Å². The third-order valence-corrected chi connectivity index (χ3v) is 7.61. The van der Waals surface area contributed by atoms with Gasteiger partial charge in [-0.15, -0.1) is 0 Å². The number of anilines is 4. The summed E-state index contributed by atoms with van der Waals surface area (Å²) in [7, 11) is 0. The van der Waals surface area contributed by atoms with Gasteiger partial charge in [-0.1, -0.05) is 26.0 Å². The van der Waals surface area contributed by atoms with E-state index in [4.69, 9.17) is 4.74 Å². The molecule has 0 bridgehead atoms. The summed E-state index contributed by atoms with van der Waals surface area (Å²) < 4.78 is 21.0. The van der Waals surface area contributed by atoms with E-state index in [2.05, 4.69) is 64.3 Å². The van der Waals surface area contributed by atoms with E-state index in [0.717, 1.165) is 62.7 Å². The van der Waals surface area contributed by atoms with E-state index in [-0.39, 0.29) is 17.3 Å². The van der Waals surface area contributed by atoms with Crippen LogP contribution in [-0.2, 0) is 16.7 Å². The quantitative estimate of drug-likeness (QED) is 0.331. The lowest BCUT2D eigenvalue weighted by molar-refractivity contribution is 0.0161. The molecule has 5 heterocycles. The molecule has 2 aliphatic heterocycles. The van der Waals surface area contributed by atoms with Crippen molar-refractivity contribution in [1.29, 1.82) is 0 Å². The monoisotopic (exact) mass is 559 g/mol. The Morgan fingerprint density at radius 3 is 2.39 bits per heavy atom. The van der Waals surface area contributed by atoms with Crippen molar-refractivity contribution < 1.29 is 9.13 Å². The SMILES string of the molecule is CC(C)(c1ccc(F)cc1)c1cnc(N2CCN(c3ncnc(Nc4cnn(CC5CNCCO5)c4)n3)CC2)nc1. The summed E-state index contributed by atoms with van der Waals surface area (Å²) in [5, 5.41) is 11.0. The predicted octanol–water partition coefficient (Wildman–Crippen LogP) is 2.38. The Kier molecular flexibility index (Phi) is 7.70. The van der Waals surface area contributed by atoms with Gasteiger partial charge in [0, 0.05) is 63.3 Å². The molecule has 0 spiro atoms. The molecule has 0 radical (unpaired) electrons. The minimum atomic E-state index is -0.338. The molecular weight excluding hydrogens is 525 g/mol. The molecule has 6 rings (SSSR count). The van der Waals surface area contributed by atoms with Crippen molar-refractivity contribution in [2.45, 2.75) is 31.9 Å². The molecule has 13 heteroatoms. The maximum absolute atomic E-state index is 13.4. The number of nitrogens with zero attached hydrogens (tertiary/aromatic N) is 9. The van der Waals surface area contributed by atoms with E-state index < -0.39 is 0 Å². The number of rotatable bonds is 8. The van der Waals surface area contributed by atoms with Crippen LogP contribution in [0.15, 0.2) is 55.4 Å². The fourth-order valence-electron chi connectivity index (χ4n) is 5.05. The Labute approximate surface area is 238 Å². The first-order valence-corrected chi connectivity index (χ1v) is 13.8. The van der Waals surface area contributed by atoms with Gasteiger partial charge in [-0.2, -0.15) is 10.1 Å². The number of nitrogens with one attached hydrogen (secondary N) is 2. The number of ether oxygens (including phenoxy) is 1. The van der Waals surface area contributed by atoms with Crippen LogP contribution in [0.5, 0.6) is 0 Å². The van der Waals surface area contributed by atoms with Gasteiger partial charge in [0.2, 0.25) is 17.8 Å². The first kappa shape index (κ1) is 27.0. The number of piperazine rings is 1. The summed E-state index contributed by atoms with van der Waals surface area (Å²) >= 11 is 0. The molecule has 2 fully saturated rings. The summed E-state index contributed by atoms with van der Waals surface area (Å²) in [6.45, 7) is 10.2. The van der Waals surface area contributed by atoms with Gasteiger partial charge in [-0.25, -0.2) is 24.3 Å². The minimum absolute atomic E-state index is 0.107. The number of hydrogen-bond acceptors (Lipinski definition) is 11. The average molecular weight is 560 g/mol. The molecule has 41 heavy (non-hydrogen) atoms. The van der Waals surface area contributed by atoms with Gasteiger partial charge < -0.3 is 25.2 Å². The summed E-state index contributed by atoms with van der Waals surface area (Å²) in [6.07, 6.45) is 9.03. The molecule has 3 aromatic heterocycles. The molecule has 0 saturated carbocycles.